The SMILES string of the molecule is CNC(=O)c1nn2c(c1Br)CN(c1nc(OCC34CCCN3CCC4)nc3c1COC(c1cc(N)cc(Cl)c1C(F)(F)F)C3)CCC2. The molecule has 0 spiro atoms. The Bertz CT molecular complexity index is 1710. The van der Waals surface area contributed by atoms with E-state index in [1.807, 2.05) is 4.68 Å². The van der Waals surface area contributed by atoms with Gasteiger partial charge in [-0.1, -0.05) is 11.6 Å². The van der Waals surface area contributed by atoms with Crippen molar-refractivity contribution in [1.82, 2.24) is 30.0 Å². The van der Waals surface area contributed by atoms with Gasteiger partial charge < -0.3 is 25.4 Å². The molecule has 47 heavy (non-hydrogen) atoms. The molecule has 16 heteroatoms. The highest BCUT2D eigenvalue weighted by molar-refractivity contribution is 9.10. The number of hydrogen-bond donors (Lipinski definition) is 2. The molecule has 3 aromatic rings. The van der Waals surface area contributed by atoms with E-state index >= 15 is 0 Å². The van der Waals surface area contributed by atoms with Crippen LogP contribution in [0.15, 0.2) is 16.6 Å². The molecule has 2 saturated heterocycles. The Kier molecular flexibility index (Phi) is 8.54. The van der Waals surface area contributed by atoms with Crippen molar-refractivity contribution < 1.29 is 27.4 Å². The maximum atomic E-state index is 14.2. The number of benzene rings is 1. The summed E-state index contributed by atoms with van der Waals surface area (Å²) in [6, 6.07) is 2.55. The van der Waals surface area contributed by atoms with Gasteiger partial charge in [0.15, 0.2) is 5.69 Å². The topological polar surface area (TPSA) is 124 Å². The molecule has 0 bridgehead atoms. The van der Waals surface area contributed by atoms with Crippen molar-refractivity contribution in [2.45, 2.75) is 76.0 Å². The molecule has 2 aromatic heterocycles. The number of nitrogens with two attached hydrogens (primary N) is 1. The summed E-state index contributed by atoms with van der Waals surface area (Å²) in [4.78, 5) is 26.8. The molecule has 2 fully saturated rings. The normalized spacial score (nSPS) is 20.8. The van der Waals surface area contributed by atoms with Gasteiger partial charge in [-0.25, -0.2) is 0 Å². The molecule has 252 valence electrons. The van der Waals surface area contributed by atoms with Crippen molar-refractivity contribution in [3.05, 3.63) is 55.4 Å². The number of nitrogen functional groups attached to an aromatic ring is 1. The van der Waals surface area contributed by atoms with Crippen LogP contribution in [0.2, 0.25) is 5.02 Å². The number of carbonyl (C=O) groups is 1. The lowest BCUT2D eigenvalue weighted by Gasteiger charge is -2.33. The van der Waals surface area contributed by atoms with E-state index in [1.165, 1.54) is 6.07 Å². The summed E-state index contributed by atoms with van der Waals surface area (Å²) in [5, 5.41) is 6.68. The van der Waals surface area contributed by atoms with Gasteiger partial charge in [-0.2, -0.15) is 28.2 Å². The van der Waals surface area contributed by atoms with Gasteiger partial charge in [0.25, 0.3) is 5.91 Å². The largest absolute Gasteiger partial charge is 0.461 e. The third-order valence-electron chi connectivity index (χ3n) is 9.79. The van der Waals surface area contributed by atoms with Crippen LogP contribution in [0, 0.1) is 0 Å². The van der Waals surface area contributed by atoms with Gasteiger partial charge in [-0.15, -0.1) is 0 Å². The quantitative estimate of drug-likeness (QED) is 0.325. The maximum Gasteiger partial charge on any atom is 0.418 e. The van der Waals surface area contributed by atoms with Gasteiger partial charge in [0.05, 0.1) is 51.2 Å². The number of aryl methyl sites for hydroxylation is 1. The van der Waals surface area contributed by atoms with E-state index in [2.05, 4.69) is 36.1 Å². The maximum absolute atomic E-state index is 14.2. The monoisotopic (exact) mass is 738 g/mol. The molecule has 7 rings (SSSR count). The zero-order valence-electron chi connectivity index (χ0n) is 25.8. The zero-order chi connectivity index (χ0) is 33.1. The van der Waals surface area contributed by atoms with E-state index in [1.54, 1.807) is 7.05 Å². The third-order valence-corrected chi connectivity index (χ3v) is 10.9. The highest BCUT2D eigenvalue weighted by atomic mass is 79.9. The summed E-state index contributed by atoms with van der Waals surface area (Å²) in [5.74, 6) is 0.283. The molecule has 4 aliphatic heterocycles. The van der Waals surface area contributed by atoms with Gasteiger partial charge in [-0.3, -0.25) is 14.4 Å². The fourth-order valence-corrected chi connectivity index (χ4v) is 8.48. The summed E-state index contributed by atoms with van der Waals surface area (Å²) in [6.07, 6.45) is -0.666. The van der Waals surface area contributed by atoms with Crippen molar-refractivity contribution >= 4 is 44.9 Å². The Labute approximate surface area is 283 Å². The molecule has 1 atom stereocenters. The summed E-state index contributed by atoms with van der Waals surface area (Å²) in [5.41, 5.74) is 7.23. The average Bonchev–Trinajstić information content (AvgIpc) is 3.65. The van der Waals surface area contributed by atoms with Crippen LogP contribution in [0.3, 0.4) is 0 Å². The lowest BCUT2D eigenvalue weighted by molar-refractivity contribution is -0.139. The van der Waals surface area contributed by atoms with Gasteiger partial charge in [0, 0.05) is 37.8 Å². The van der Waals surface area contributed by atoms with Crippen LogP contribution < -0.4 is 20.7 Å². The fourth-order valence-electron chi connectivity index (χ4n) is 7.55. The number of ether oxygens (including phenoxy) is 2. The Morgan fingerprint density at radius 3 is 2.68 bits per heavy atom. The van der Waals surface area contributed by atoms with Crippen molar-refractivity contribution in [2.24, 2.45) is 0 Å². The smallest absolute Gasteiger partial charge is 0.418 e. The summed E-state index contributed by atoms with van der Waals surface area (Å²) >= 11 is 9.68. The number of rotatable bonds is 6. The number of anilines is 2. The van der Waals surface area contributed by atoms with E-state index in [4.69, 9.17) is 36.8 Å². The average molecular weight is 740 g/mol. The highest BCUT2D eigenvalue weighted by Gasteiger charge is 2.45. The molecule has 11 nitrogen and oxygen atoms in total. The second-order valence-electron chi connectivity index (χ2n) is 12.6. The van der Waals surface area contributed by atoms with Crippen LogP contribution in [-0.2, 0) is 37.0 Å². The second-order valence-corrected chi connectivity index (χ2v) is 13.8. The molecule has 1 aromatic carbocycles. The number of hydrogen-bond acceptors (Lipinski definition) is 9. The Morgan fingerprint density at radius 1 is 1.19 bits per heavy atom. The number of nitrogens with zero attached hydrogens (tertiary/aromatic N) is 6. The molecule has 1 unspecified atom stereocenters. The van der Waals surface area contributed by atoms with E-state index in [9.17, 15) is 18.0 Å². The molecular weight excluding hydrogens is 705 g/mol. The number of halogens is 5. The molecule has 3 N–H and O–H groups in total. The van der Waals surface area contributed by atoms with Gasteiger partial charge >= 0.3 is 12.2 Å². The molecule has 1 amide bonds. The van der Waals surface area contributed by atoms with E-state index in [0.717, 1.165) is 50.5 Å². The number of alkyl halides is 3. The zero-order valence-corrected chi connectivity index (χ0v) is 28.1. The van der Waals surface area contributed by atoms with Crippen molar-refractivity contribution in [1.29, 1.82) is 0 Å². The first-order chi connectivity index (χ1) is 22.5. The summed E-state index contributed by atoms with van der Waals surface area (Å²) in [7, 11) is 1.55. The first kappa shape index (κ1) is 32.4. The molecule has 0 aliphatic carbocycles. The Hall–Kier alpha value is -3.14. The first-order valence-electron chi connectivity index (χ1n) is 15.7. The minimum Gasteiger partial charge on any atom is -0.461 e. The van der Waals surface area contributed by atoms with Gasteiger partial charge in [0.2, 0.25) is 0 Å². The van der Waals surface area contributed by atoms with Crippen molar-refractivity contribution in [3.63, 3.8) is 0 Å². The number of nitrogens with one attached hydrogen (secondary N) is 1. The predicted molar refractivity (Wildman–Crippen MR) is 171 cm³/mol. The number of amides is 1. The third kappa shape index (κ3) is 5.93. The fraction of sp³-hybridized carbons (Fsp3) is 0.548. The van der Waals surface area contributed by atoms with Crippen LogP contribution >= 0.6 is 27.5 Å². The van der Waals surface area contributed by atoms with Crippen LogP contribution in [0.5, 0.6) is 6.01 Å². The van der Waals surface area contributed by atoms with Crippen molar-refractivity contribution in [2.75, 3.05) is 43.9 Å². The van der Waals surface area contributed by atoms with E-state index in [-0.39, 0.29) is 41.7 Å². The van der Waals surface area contributed by atoms with Crippen LogP contribution in [0.25, 0.3) is 0 Å². The minimum atomic E-state index is -4.71. The standard InChI is InChI=1S/C31H35BrClF3N8O3/c1-38-28(45)26-25(32)22-14-42(7-4-10-44(22)41-26)27-19-15-46-23(18-11-17(37)12-20(33)24(18)31(34,35)36)13-21(19)39-29(40-27)47-16-30-5-2-8-43(30)9-3-6-30/h11-12,23H,2-10,13-16,37H2,1H3,(H,38,45). The van der Waals surface area contributed by atoms with Crippen molar-refractivity contribution in [3.8, 4) is 6.01 Å². The summed E-state index contributed by atoms with van der Waals surface area (Å²) in [6.45, 7) is 4.05. The molecule has 4 aliphatic rings. The van der Waals surface area contributed by atoms with Crippen LogP contribution in [0.4, 0.5) is 24.7 Å². The molecule has 0 radical (unpaired) electrons. The predicted octanol–water partition coefficient (Wildman–Crippen LogP) is 5.28. The number of fused-ring (bicyclic) bond motifs is 3. The highest BCUT2D eigenvalue weighted by Crippen LogP contribution is 2.45. The second kappa shape index (κ2) is 12.4. The number of carbonyl (C=O) groups excluding carboxylic acids is 1. The lowest BCUT2D eigenvalue weighted by Crippen LogP contribution is -2.43. The molecular formula is C31H35BrClF3N8O3. The Morgan fingerprint density at radius 2 is 1.96 bits per heavy atom. The van der Waals surface area contributed by atoms with Crippen LogP contribution in [-0.4, -0.2) is 69.4 Å². The van der Waals surface area contributed by atoms with E-state index in [0.29, 0.717) is 59.9 Å². The van der Waals surface area contributed by atoms with Crippen LogP contribution in [0.1, 0.15) is 76.8 Å². The lowest BCUT2D eigenvalue weighted by atomic mass is 9.94. The molecule has 6 heterocycles. The molecule has 0 saturated carbocycles. The van der Waals surface area contributed by atoms with Gasteiger partial charge in [0.1, 0.15) is 12.4 Å². The first-order valence-corrected chi connectivity index (χ1v) is 16.9. The summed E-state index contributed by atoms with van der Waals surface area (Å²) < 4.78 is 57.6. The van der Waals surface area contributed by atoms with Gasteiger partial charge in [-0.05, 0) is 78.8 Å². The Balaban J connectivity index is 1.27. The minimum absolute atomic E-state index is 0.0303. The van der Waals surface area contributed by atoms with E-state index < -0.39 is 22.9 Å². The number of aromatic nitrogens is 4.